The van der Waals surface area contributed by atoms with E-state index in [4.69, 9.17) is 16.7 Å². The summed E-state index contributed by atoms with van der Waals surface area (Å²) in [6.07, 6.45) is 2.03. The molecule has 0 aliphatic carbocycles. The SMILES string of the molecule is O=C(O)CC1CCN(Cc2c(O)cccc2Cl)CC1. The number of carboxylic acid groups (broad SMARTS) is 1. The lowest BCUT2D eigenvalue weighted by Crippen LogP contribution is -2.34. The summed E-state index contributed by atoms with van der Waals surface area (Å²) in [4.78, 5) is 12.9. The summed E-state index contributed by atoms with van der Waals surface area (Å²) in [7, 11) is 0. The first-order valence-electron chi connectivity index (χ1n) is 6.46. The fraction of sp³-hybridized carbons (Fsp3) is 0.500. The lowest BCUT2D eigenvalue weighted by Gasteiger charge is -2.31. The molecule has 0 bridgehead atoms. The Labute approximate surface area is 117 Å². The molecule has 2 rings (SSSR count). The third-order valence-electron chi connectivity index (χ3n) is 3.65. The van der Waals surface area contributed by atoms with Crippen molar-refractivity contribution < 1.29 is 15.0 Å². The molecule has 0 unspecified atom stereocenters. The number of piperidine rings is 1. The van der Waals surface area contributed by atoms with Gasteiger partial charge in [0.25, 0.3) is 0 Å². The van der Waals surface area contributed by atoms with Crippen LogP contribution in [0, 0.1) is 5.92 Å². The van der Waals surface area contributed by atoms with Crippen LogP contribution in [0.2, 0.25) is 5.02 Å². The minimum atomic E-state index is -0.720. The van der Waals surface area contributed by atoms with Crippen LogP contribution in [0.25, 0.3) is 0 Å². The fourth-order valence-electron chi connectivity index (χ4n) is 2.52. The molecule has 0 saturated carbocycles. The monoisotopic (exact) mass is 283 g/mol. The molecule has 1 fully saturated rings. The quantitative estimate of drug-likeness (QED) is 0.892. The second-order valence-electron chi connectivity index (χ2n) is 5.05. The zero-order valence-corrected chi connectivity index (χ0v) is 11.4. The van der Waals surface area contributed by atoms with E-state index in [0.717, 1.165) is 31.5 Å². The van der Waals surface area contributed by atoms with Gasteiger partial charge in [0.2, 0.25) is 0 Å². The molecule has 1 heterocycles. The molecular formula is C14H18ClNO3. The summed E-state index contributed by atoms with van der Waals surface area (Å²) in [6, 6.07) is 5.13. The van der Waals surface area contributed by atoms with Crippen LogP contribution in [-0.4, -0.2) is 34.2 Å². The van der Waals surface area contributed by atoms with Crippen LogP contribution < -0.4 is 0 Å². The Morgan fingerprint density at radius 1 is 1.37 bits per heavy atom. The number of halogens is 1. The number of aromatic hydroxyl groups is 1. The standard InChI is InChI=1S/C14H18ClNO3/c15-12-2-1-3-13(17)11(12)9-16-6-4-10(5-7-16)8-14(18)19/h1-3,10,17H,4-9H2,(H,18,19). The largest absolute Gasteiger partial charge is 0.508 e. The Hall–Kier alpha value is -1.26. The molecular weight excluding hydrogens is 266 g/mol. The third kappa shape index (κ3) is 3.85. The Bertz CT molecular complexity index is 436. The second-order valence-corrected chi connectivity index (χ2v) is 5.46. The molecule has 1 aliphatic heterocycles. The average molecular weight is 284 g/mol. The summed E-state index contributed by atoms with van der Waals surface area (Å²) in [5.74, 6) is -0.226. The number of carboxylic acids is 1. The van der Waals surface area contributed by atoms with Gasteiger partial charge in [0.05, 0.1) is 0 Å². The van der Waals surface area contributed by atoms with Crippen LogP contribution in [0.4, 0.5) is 0 Å². The number of rotatable bonds is 4. The van der Waals surface area contributed by atoms with E-state index in [1.54, 1.807) is 18.2 Å². The number of aliphatic carboxylic acids is 1. The summed E-state index contributed by atoms with van der Waals surface area (Å²) < 4.78 is 0. The molecule has 0 aromatic heterocycles. The number of carbonyl (C=O) groups is 1. The Balaban J connectivity index is 1.91. The molecule has 1 saturated heterocycles. The molecule has 1 aromatic carbocycles. The number of benzene rings is 1. The highest BCUT2D eigenvalue weighted by atomic mass is 35.5. The van der Waals surface area contributed by atoms with Crippen LogP contribution in [0.5, 0.6) is 5.75 Å². The molecule has 19 heavy (non-hydrogen) atoms. The first-order chi connectivity index (χ1) is 9.06. The van der Waals surface area contributed by atoms with Gasteiger partial charge >= 0.3 is 5.97 Å². The van der Waals surface area contributed by atoms with Gasteiger partial charge in [-0.2, -0.15) is 0 Å². The van der Waals surface area contributed by atoms with E-state index in [0.29, 0.717) is 11.6 Å². The van der Waals surface area contributed by atoms with E-state index < -0.39 is 5.97 Å². The lowest BCUT2D eigenvalue weighted by atomic mass is 9.93. The highest BCUT2D eigenvalue weighted by molar-refractivity contribution is 6.31. The number of likely N-dealkylation sites (tertiary alicyclic amines) is 1. The van der Waals surface area contributed by atoms with Gasteiger partial charge in [-0.3, -0.25) is 9.69 Å². The highest BCUT2D eigenvalue weighted by Gasteiger charge is 2.22. The van der Waals surface area contributed by atoms with E-state index in [1.165, 1.54) is 0 Å². The maximum absolute atomic E-state index is 10.7. The molecule has 1 aliphatic rings. The Kier molecular flexibility index (Phi) is 4.66. The first kappa shape index (κ1) is 14.2. The van der Waals surface area contributed by atoms with Crippen LogP contribution in [0.15, 0.2) is 18.2 Å². The molecule has 2 N–H and O–H groups in total. The first-order valence-corrected chi connectivity index (χ1v) is 6.84. The van der Waals surface area contributed by atoms with Crippen molar-refractivity contribution >= 4 is 17.6 Å². The van der Waals surface area contributed by atoms with Crippen molar-refractivity contribution in [2.75, 3.05) is 13.1 Å². The minimum Gasteiger partial charge on any atom is -0.508 e. The van der Waals surface area contributed by atoms with E-state index in [9.17, 15) is 9.90 Å². The topological polar surface area (TPSA) is 60.8 Å². The van der Waals surface area contributed by atoms with Gasteiger partial charge < -0.3 is 10.2 Å². The smallest absolute Gasteiger partial charge is 0.303 e. The predicted octanol–water partition coefficient (Wildman–Crippen LogP) is 2.73. The zero-order valence-electron chi connectivity index (χ0n) is 10.7. The minimum absolute atomic E-state index is 0.222. The average Bonchev–Trinajstić information content (AvgIpc) is 2.35. The maximum Gasteiger partial charge on any atom is 0.303 e. The van der Waals surface area contributed by atoms with Crippen molar-refractivity contribution in [3.8, 4) is 5.75 Å². The van der Waals surface area contributed by atoms with Gasteiger partial charge in [0, 0.05) is 23.6 Å². The van der Waals surface area contributed by atoms with Crippen molar-refractivity contribution in [2.24, 2.45) is 5.92 Å². The fourth-order valence-corrected chi connectivity index (χ4v) is 2.75. The van der Waals surface area contributed by atoms with Crippen LogP contribution in [0.1, 0.15) is 24.8 Å². The van der Waals surface area contributed by atoms with E-state index in [-0.39, 0.29) is 18.1 Å². The van der Waals surface area contributed by atoms with Crippen molar-refractivity contribution in [1.82, 2.24) is 4.90 Å². The highest BCUT2D eigenvalue weighted by Crippen LogP contribution is 2.29. The normalized spacial score (nSPS) is 17.5. The van der Waals surface area contributed by atoms with E-state index in [1.807, 2.05) is 0 Å². The molecule has 1 aromatic rings. The summed E-state index contributed by atoms with van der Waals surface area (Å²) >= 11 is 6.08. The van der Waals surface area contributed by atoms with E-state index >= 15 is 0 Å². The van der Waals surface area contributed by atoms with Crippen molar-refractivity contribution in [1.29, 1.82) is 0 Å². The van der Waals surface area contributed by atoms with Crippen molar-refractivity contribution in [3.63, 3.8) is 0 Å². The van der Waals surface area contributed by atoms with Crippen LogP contribution in [-0.2, 0) is 11.3 Å². The van der Waals surface area contributed by atoms with Gasteiger partial charge in [0.1, 0.15) is 5.75 Å². The summed E-state index contributed by atoms with van der Waals surface area (Å²) in [6.45, 7) is 2.32. The van der Waals surface area contributed by atoms with E-state index in [2.05, 4.69) is 4.90 Å². The van der Waals surface area contributed by atoms with Gasteiger partial charge in [-0.15, -0.1) is 0 Å². The Morgan fingerprint density at radius 2 is 2.05 bits per heavy atom. The lowest BCUT2D eigenvalue weighted by molar-refractivity contribution is -0.138. The van der Waals surface area contributed by atoms with Gasteiger partial charge in [0.15, 0.2) is 0 Å². The molecule has 0 radical (unpaired) electrons. The second kappa shape index (κ2) is 6.26. The molecule has 0 atom stereocenters. The van der Waals surface area contributed by atoms with Gasteiger partial charge in [-0.1, -0.05) is 17.7 Å². The van der Waals surface area contributed by atoms with Crippen LogP contribution in [0.3, 0.4) is 0 Å². The number of hydrogen-bond acceptors (Lipinski definition) is 3. The number of phenols is 1. The number of hydrogen-bond donors (Lipinski definition) is 2. The predicted molar refractivity (Wildman–Crippen MR) is 73.4 cm³/mol. The van der Waals surface area contributed by atoms with Crippen LogP contribution >= 0.6 is 11.6 Å². The molecule has 0 spiro atoms. The zero-order chi connectivity index (χ0) is 13.8. The number of nitrogens with zero attached hydrogens (tertiary/aromatic N) is 1. The van der Waals surface area contributed by atoms with Gasteiger partial charge in [-0.25, -0.2) is 0 Å². The third-order valence-corrected chi connectivity index (χ3v) is 4.00. The molecule has 5 heteroatoms. The molecule has 0 amide bonds. The van der Waals surface area contributed by atoms with Crippen molar-refractivity contribution in [2.45, 2.75) is 25.8 Å². The van der Waals surface area contributed by atoms with Crippen molar-refractivity contribution in [3.05, 3.63) is 28.8 Å². The Morgan fingerprint density at radius 3 is 2.63 bits per heavy atom. The maximum atomic E-state index is 10.7. The molecule has 4 nitrogen and oxygen atoms in total. The summed E-state index contributed by atoms with van der Waals surface area (Å²) in [5, 5.41) is 19.2. The number of phenolic OH excluding ortho intramolecular Hbond substituents is 1. The summed E-state index contributed by atoms with van der Waals surface area (Å²) in [5.41, 5.74) is 0.751. The van der Waals surface area contributed by atoms with Gasteiger partial charge in [-0.05, 0) is 44.0 Å². The molecule has 104 valence electrons.